The first-order valence-electron chi connectivity index (χ1n) is 8.82. The molecule has 2 aromatic carbocycles. The van der Waals surface area contributed by atoms with Gasteiger partial charge in [-0.2, -0.15) is 0 Å². The van der Waals surface area contributed by atoms with E-state index in [9.17, 15) is 14.4 Å². The summed E-state index contributed by atoms with van der Waals surface area (Å²) in [4.78, 5) is 38.9. The van der Waals surface area contributed by atoms with E-state index in [0.29, 0.717) is 17.8 Å². The van der Waals surface area contributed by atoms with Crippen molar-refractivity contribution in [3.63, 3.8) is 0 Å². The van der Waals surface area contributed by atoms with E-state index >= 15 is 0 Å². The normalized spacial score (nSPS) is 10.4. The minimum absolute atomic E-state index is 0.0442. The number of pyridine rings is 1. The maximum atomic E-state index is 12.7. The third-order valence-electron chi connectivity index (χ3n) is 4.23. The highest BCUT2D eigenvalue weighted by Gasteiger charge is 2.14. The van der Waals surface area contributed by atoms with Crippen molar-refractivity contribution in [1.82, 2.24) is 9.47 Å². The van der Waals surface area contributed by atoms with Crippen molar-refractivity contribution in [3.05, 3.63) is 100.0 Å². The molecule has 0 radical (unpaired) electrons. The van der Waals surface area contributed by atoms with Crippen molar-refractivity contribution in [2.75, 3.05) is 19.4 Å². The van der Waals surface area contributed by atoms with Crippen LogP contribution in [0.25, 0.3) is 0 Å². The molecule has 1 aromatic heterocycles. The minimum Gasteiger partial charge on any atom is -0.345 e. The highest BCUT2D eigenvalue weighted by atomic mass is 16.2. The smallest absolute Gasteiger partial charge is 0.263 e. The fourth-order valence-electron chi connectivity index (χ4n) is 2.80. The van der Waals surface area contributed by atoms with Crippen molar-refractivity contribution in [2.45, 2.75) is 6.54 Å². The zero-order valence-corrected chi connectivity index (χ0v) is 15.8. The van der Waals surface area contributed by atoms with Crippen LogP contribution in [-0.2, 0) is 6.54 Å². The lowest BCUT2D eigenvalue weighted by molar-refractivity contribution is 0.0827. The van der Waals surface area contributed by atoms with Crippen LogP contribution >= 0.6 is 0 Å². The van der Waals surface area contributed by atoms with Crippen LogP contribution in [0.5, 0.6) is 0 Å². The highest BCUT2D eigenvalue weighted by Crippen LogP contribution is 2.13. The predicted molar refractivity (Wildman–Crippen MR) is 109 cm³/mol. The largest absolute Gasteiger partial charge is 0.345 e. The number of nitrogens with one attached hydrogen (secondary N) is 1. The van der Waals surface area contributed by atoms with Crippen molar-refractivity contribution in [2.24, 2.45) is 0 Å². The molecule has 0 atom stereocenters. The summed E-state index contributed by atoms with van der Waals surface area (Å²) in [6.07, 6.45) is 1.66. The van der Waals surface area contributed by atoms with Gasteiger partial charge in [-0.25, -0.2) is 0 Å². The first kappa shape index (κ1) is 19.1. The first-order valence-corrected chi connectivity index (χ1v) is 8.82. The third kappa shape index (κ3) is 4.35. The summed E-state index contributed by atoms with van der Waals surface area (Å²) in [5.74, 6) is -0.678. The lowest BCUT2D eigenvalue weighted by Gasteiger charge is -2.12. The number of amides is 2. The molecule has 3 aromatic rings. The van der Waals surface area contributed by atoms with Crippen LogP contribution in [0, 0.1) is 0 Å². The average Bonchev–Trinajstić information content (AvgIpc) is 2.70. The third-order valence-corrected chi connectivity index (χ3v) is 4.23. The average molecular weight is 375 g/mol. The summed E-state index contributed by atoms with van der Waals surface area (Å²) >= 11 is 0. The molecule has 2 amide bonds. The van der Waals surface area contributed by atoms with Crippen LogP contribution < -0.4 is 10.9 Å². The van der Waals surface area contributed by atoms with Gasteiger partial charge < -0.3 is 14.8 Å². The molecule has 1 N–H and O–H groups in total. The zero-order chi connectivity index (χ0) is 20.1. The van der Waals surface area contributed by atoms with Crippen LogP contribution in [0.1, 0.15) is 26.3 Å². The molecule has 0 unspecified atom stereocenters. The van der Waals surface area contributed by atoms with Gasteiger partial charge in [-0.05, 0) is 35.9 Å². The van der Waals surface area contributed by atoms with Gasteiger partial charge in [0.1, 0.15) is 5.56 Å². The van der Waals surface area contributed by atoms with Crippen LogP contribution in [-0.4, -0.2) is 35.4 Å². The molecule has 0 aliphatic heterocycles. The Labute approximate surface area is 163 Å². The summed E-state index contributed by atoms with van der Waals surface area (Å²) < 4.78 is 1.50. The number of carbonyl (C=O) groups is 2. The topological polar surface area (TPSA) is 71.4 Å². The predicted octanol–water partition coefficient (Wildman–Crippen LogP) is 2.85. The summed E-state index contributed by atoms with van der Waals surface area (Å²) in [6.45, 7) is 0.383. The van der Waals surface area contributed by atoms with E-state index in [1.807, 2.05) is 30.3 Å². The van der Waals surface area contributed by atoms with Crippen LogP contribution in [0.15, 0.2) is 77.7 Å². The van der Waals surface area contributed by atoms with Gasteiger partial charge in [-0.3, -0.25) is 14.4 Å². The molecule has 0 saturated heterocycles. The molecule has 142 valence electrons. The second-order valence-corrected chi connectivity index (χ2v) is 6.58. The van der Waals surface area contributed by atoms with Gasteiger partial charge in [-0.15, -0.1) is 0 Å². The highest BCUT2D eigenvalue weighted by molar-refractivity contribution is 6.04. The monoisotopic (exact) mass is 375 g/mol. The van der Waals surface area contributed by atoms with E-state index in [1.165, 1.54) is 15.5 Å². The molecule has 0 saturated carbocycles. The molecular weight excluding hydrogens is 354 g/mol. The van der Waals surface area contributed by atoms with E-state index in [-0.39, 0.29) is 17.0 Å². The Hall–Kier alpha value is -3.67. The van der Waals surface area contributed by atoms with Gasteiger partial charge in [-0.1, -0.05) is 36.4 Å². The van der Waals surface area contributed by atoms with Gasteiger partial charge in [0.25, 0.3) is 17.4 Å². The number of rotatable bonds is 5. The number of hydrogen-bond acceptors (Lipinski definition) is 3. The molecule has 0 aliphatic carbocycles. The SMILES string of the molecule is CN(C)C(=O)c1cccc(NC(=O)c2cccn(Cc3ccccc3)c2=O)c1. The van der Waals surface area contributed by atoms with Crippen molar-refractivity contribution in [3.8, 4) is 0 Å². The molecular formula is C22H21N3O3. The quantitative estimate of drug-likeness (QED) is 0.745. The summed E-state index contributed by atoms with van der Waals surface area (Å²) in [6, 6.07) is 19.3. The lowest BCUT2D eigenvalue weighted by atomic mass is 10.1. The number of anilines is 1. The Balaban J connectivity index is 1.82. The van der Waals surface area contributed by atoms with Crippen molar-refractivity contribution < 1.29 is 9.59 Å². The van der Waals surface area contributed by atoms with Gasteiger partial charge >= 0.3 is 0 Å². The van der Waals surface area contributed by atoms with Crippen LogP contribution in [0.3, 0.4) is 0 Å². The van der Waals surface area contributed by atoms with Crippen molar-refractivity contribution in [1.29, 1.82) is 0 Å². The van der Waals surface area contributed by atoms with Crippen LogP contribution in [0.2, 0.25) is 0 Å². The summed E-state index contributed by atoms with van der Waals surface area (Å²) in [5.41, 5.74) is 1.55. The molecule has 0 fully saturated rings. The summed E-state index contributed by atoms with van der Waals surface area (Å²) in [5, 5.41) is 2.70. The van der Waals surface area contributed by atoms with E-state index in [4.69, 9.17) is 0 Å². The molecule has 28 heavy (non-hydrogen) atoms. The maximum Gasteiger partial charge on any atom is 0.263 e. The number of benzene rings is 2. The number of hydrogen-bond donors (Lipinski definition) is 1. The Morgan fingerprint density at radius 3 is 2.43 bits per heavy atom. The second kappa shape index (κ2) is 8.35. The fraction of sp³-hybridized carbons (Fsp3) is 0.136. The van der Waals surface area contributed by atoms with Crippen molar-refractivity contribution >= 4 is 17.5 Å². The van der Waals surface area contributed by atoms with Gasteiger partial charge in [0.2, 0.25) is 0 Å². The van der Waals surface area contributed by atoms with E-state index in [1.54, 1.807) is 50.6 Å². The first-order chi connectivity index (χ1) is 13.5. The Morgan fingerprint density at radius 2 is 1.71 bits per heavy atom. The molecule has 0 spiro atoms. The van der Waals surface area contributed by atoms with Gasteiger partial charge in [0.15, 0.2) is 0 Å². The Kier molecular flexibility index (Phi) is 5.69. The second-order valence-electron chi connectivity index (χ2n) is 6.58. The Bertz CT molecular complexity index is 1060. The maximum absolute atomic E-state index is 12.7. The van der Waals surface area contributed by atoms with Gasteiger partial charge in [0, 0.05) is 31.5 Å². The fourth-order valence-corrected chi connectivity index (χ4v) is 2.80. The lowest BCUT2D eigenvalue weighted by Crippen LogP contribution is -2.29. The standard InChI is InChI=1S/C22H21N3O3/c1-24(2)21(27)17-10-6-11-18(14-17)23-20(26)19-12-7-13-25(22(19)28)15-16-8-4-3-5-9-16/h3-14H,15H2,1-2H3,(H,23,26). The van der Waals surface area contributed by atoms with E-state index in [2.05, 4.69) is 5.32 Å². The minimum atomic E-state index is -0.512. The van der Waals surface area contributed by atoms with E-state index in [0.717, 1.165) is 5.56 Å². The molecule has 6 nitrogen and oxygen atoms in total. The molecule has 3 rings (SSSR count). The summed E-state index contributed by atoms with van der Waals surface area (Å²) in [7, 11) is 3.32. The molecule has 0 bridgehead atoms. The number of aromatic nitrogens is 1. The van der Waals surface area contributed by atoms with Gasteiger partial charge in [0.05, 0.1) is 6.54 Å². The van der Waals surface area contributed by atoms with Crippen LogP contribution in [0.4, 0.5) is 5.69 Å². The molecule has 1 heterocycles. The number of carbonyl (C=O) groups excluding carboxylic acids is 2. The zero-order valence-electron chi connectivity index (χ0n) is 15.8. The number of nitrogens with zero attached hydrogens (tertiary/aromatic N) is 2. The Morgan fingerprint density at radius 1 is 0.964 bits per heavy atom. The molecule has 6 heteroatoms. The van der Waals surface area contributed by atoms with E-state index < -0.39 is 5.91 Å². The molecule has 0 aliphatic rings.